The first-order valence-electron chi connectivity index (χ1n) is 5.27. The number of nitrogens with one attached hydrogen (secondary N) is 1. The Morgan fingerprint density at radius 2 is 2.12 bits per heavy atom. The van der Waals surface area contributed by atoms with Crippen molar-refractivity contribution in [3.63, 3.8) is 0 Å². The zero-order valence-corrected chi connectivity index (χ0v) is 11.2. The maximum absolute atomic E-state index is 4.55. The molecule has 1 N–H and O–H groups in total. The molecule has 0 radical (unpaired) electrons. The topological polar surface area (TPSA) is 41.0 Å². The molecule has 0 saturated carbocycles. The van der Waals surface area contributed by atoms with Gasteiger partial charge in [0, 0.05) is 37.7 Å². The Morgan fingerprint density at radius 3 is 2.75 bits per heavy atom. The van der Waals surface area contributed by atoms with E-state index in [0.717, 1.165) is 29.9 Å². The third-order valence-corrected chi connectivity index (χ3v) is 3.96. The van der Waals surface area contributed by atoms with Gasteiger partial charge in [0.25, 0.3) is 0 Å². The number of nitrogens with zero attached hydrogens (tertiary/aromatic N) is 3. The molecule has 4 nitrogen and oxygen atoms in total. The van der Waals surface area contributed by atoms with Crippen molar-refractivity contribution in [2.75, 3.05) is 48.1 Å². The van der Waals surface area contributed by atoms with E-state index >= 15 is 0 Å². The van der Waals surface area contributed by atoms with Gasteiger partial charge in [0.2, 0.25) is 0 Å². The zero-order chi connectivity index (χ0) is 11.4. The second-order valence-corrected chi connectivity index (χ2v) is 5.45. The van der Waals surface area contributed by atoms with E-state index in [1.165, 1.54) is 11.5 Å². The Kier molecular flexibility index (Phi) is 4.17. The van der Waals surface area contributed by atoms with E-state index in [-0.39, 0.29) is 0 Å². The second-order valence-electron chi connectivity index (χ2n) is 3.45. The lowest BCUT2D eigenvalue weighted by molar-refractivity contribution is 0.815. The van der Waals surface area contributed by atoms with Crippen molar-refractivity contribution in [2.45, 2.75) is 5.16 Å². The number of hydrogen-bond acceptors (Lipinski definition) is 6. The Labute approximate surface area is 105 Å². The molecule has 1 saturated heterocycles. The summed E-state index contributed by atoms with van der Waals surface area (Å²) < 4.78 is 0. The molecule has 2 heterocycles. The van der Waals surface area contributed by atoms with Crippen LogP contribution < -0.4 is 10.2 Å². The minimum absolute atomic E-state index is 0.833. The van der Waals surface area contributed by atoms with Crippen LogP contribution in [0.1, 0.15) is 0 Å². The Balaban J connectivity index is 2.24. The lowest BCUT2D eigenvalue weighted by atomic mass is 10.4. The fraction of sp³-hybridized carbons (Fsp3) is 0.600. The highest BCUT2D eigenvalue weighted by molar-refractivity contribution is 7.99. The van der Waals surface area contributed by atoms with Gasteiger partial charge >= 0.3 is 0 Å². The minimum Gasteiger partial charge on any atom is -0.373 e. The predicted octanol–water partition coefficient (Wildman–Crippen LogP) is 1.79. The first-order chi connectivity index (χ1) is 7.83. The van der Waals surface area contributed by atoms with Crippen molar-refractivity contribution >= 4 is 35.2 Å². The van der Waals surface area contributed by atoms with Crippen LogP contribution in [0.3, 0.4) is 0 Å². The fourth-order valence-corrected chi connectivity index (χ4v) is 2.86. The number of thioether (sulfide) groups is 2. The average Bonchev–Trinajstić information content (AvgIpc) is 2.39. The number of anilines is 2. The molecule has 1 aromatic heterocycles. The first kappa shape index (κ1) is 11.9. The van der Waals surface area contributed by atoms with Gasteiger partial charge in [-0.15, -0.1) is 0 Å². The summed E-state index contributed by atoms with van der Waals surface area (Å²) in [5.41, 5.74) is 0. The van der Waals surface area contributed by atoms with E-state index in [1.807, 2.05) is 31.1 Å². The van der Waals surface area contributed by atoms with Crippen LogP contribution in [0.4, 0.5) is 11.6 Å². The first-order valence-corrected chi connectivity index (χ1v) is 7.65. The van der Waals surface area contributed by atoms with Gasteiger partial charge < -0.3 is 10.2 Å². The quantitative estimate of drug-likeness (QED) is 0.657. The maximum atomic E-state index is 4.55. The third-order valence-electron chi connectivity index (χ3n) is 2.47. The highest BCUT2D eigenvalue weighted by atomic mass is 32.2. The summed E-state index contributed by atoms with van der Waals surface area (Å²) in [6.07, 6.45) is 2.00. The molecule has 0 amide bonds. The molecule has 0 unspecified atom stereocenters. The Hall–Kier alpha value is -0.620. The largest absolute Gasteiger partial charge is 0.373 e. The Morgan fingerprint density at radius 1 is 1.38 bits per heavy atom. The summed E-state index contributed by atoms with van der Waals surface area (Å²) in [7, 11) is 1.89. The average molecular weight is 256 g/mol. The van der Waals surface area contributed by atoms with Crippen LogP contribution in [-0.2, 0) is 0 Å². The summed E-state index contributed by atoms with van der Waals surface area (Å²) in [6, 6.07) is 2.02. The monoisotopic (exact) mass is 256 g/mol. The maximum Gasteiger partial charge on any atom is 0.191 e. The third kappa shape index (κ3) is 2.74. The smallest absolute Gasteiger partial charge is 0.191 e. The van der Waals surface area contributed by atoms with Crippen LogP contribution in [0.2, 0.25) is 0 Å². The van der Waals surface area contributed by atoms with Crippen LogP contribution >= 0.6 is 23.5 Å². The standard InChI is InChI=1S/C10H16N4S2/c1-11-8-7-9(13-10(12-8)15-2)14-3-5-16-6-4-14/h7H,3-6H2,1-2H3,(H,11,12,13). The normalized spacial score (nSPS) is 16.2. The van der Waals surface area contributed by atoms with Gasteiger partial charge in [-0.05, 0) is 6.26 Å². The molecule has 2 rings (SSSR count). The van der Waals surface area contributed by atoms with E-state index in [2.05, 4.69) is 20.2 Å². The molecular weight excluding hydrogens is 240 g/mol. The van der Waals surface area contributed by atoms with Crippen molar-refractivity contribution < 1.29 is 0 Å². The summed E-state index contributed by atoms with van der Waals surface area (Å²) in [4.78, 5) is 11.3. The van der Waals surface area contributed by atoms with Gasteiger partial charge in [-0.1, -0.05) is 11.8 Å². The summed E-state index contributed by atoms with van der Waals surface area (Å²) in [5.74, 6) is 4.32. The molecule has 6 heteroatoms. The van der Waals surface area contributed by atoms with Crippen LogP contribution in [-0.4, -0.2) is 47.9 Å². The molecule has 0 aliphatic carbocycles. The van der Waals surface area contributed by atoms with Crippen molar-refractivity contribution in [1.29, 1.82) is 0 Å². The van der Waals surface area contributed by atoms with Crippen molar-refractivity contribution in [3.8, 4) is 0 Å². The van der Waals surface area contributed by atoms with Crippen molar-refractivity contribution in [2.24, 2.45) is 0 Å². The molecule has 0 atom stereocenters. The molecular formula is C10H16N4S2. The fourth-order valence-electron chi connectivity index (χ4n) is 1.59. The molecule has 1 aliphatic heterocycles. The molecule has 1 aliphatic rings. The summed E-state index contributed by atoms with van der Waals surface area (Å²) in [5, 5.41) is 3.92. The lowest BCUT2D eigenvalue weighted by Crippen LogP contribution is -2.33. The van der Waals surface area contributed by atoms with Crippen molar-refractivity contribution in [3.05, 3.63) is 6.07 Å². The van der Waals surface area contributed by atoms with Gasteiger partial charge in [0.05, 0.1) is 0 Å². The van der Waals surface area contributed by atoms with Gasteiger partial charge in [-0.2, -0.15) is 11.8 Å². The minimum atomic E-state index is 0.833. The molecule has 0 spiro atoms. The molecule has 16 heavy (non-hydrogen) atoms. The molecule has 88 valence electrons. The van der Waals surface area contributed by atoms with Crippen molar-refractivity contribution in [1.82, 2.24) is 9.97 Å². The van der Waals surface area contributed by atoms with Crippen LogP contribution in [0.25, 0.3) is 0 Å². The van der Waals surface area contributed by atoms with E-state index < -0.39 is 0 Å². The molecule has 0 bridgehead atoms. The predicted molar refractivity (Wildman–Crippen MR) is 72.9 cm³/mol. The highest BCUT2D eigenvalue weighted by Crippen LogP contribution is 2.22. The van der Waals surface area contributed by atoms with Crippen LogP contribution in [0.5, 0.6) is 0 Å². The van der Waals surface area contributed by atoms with E-state index in [9.17, 15) is 0 Å². The molecule has 1 aromatic rings. The SMILES string of the molecule is CNc1cc(N2CCSCC2)nc(SC)n1. The van der Waals surface area contributed by atoms with Crippen LogP contribution in [0.15, 0.2) is 11.2 Å². The van der Waals surface area contributed by atoms with Gasteiger partial charge in [-0.25, -0.2) is 9.97 Å². The van der Waals surface area contributed by atoms with Gasteiger partial charge in [-0.3, -0.25) is 0 Å². The summed E-state index contributed by atoms with van der Waals surface area (Å²) >= 11 is 3.59. The molecule has 0 aromatic carbocycles. The Bertz CT molecular complexity index is 330. The summed E-state index contributed by atoms with van der Waals surface area (Å²) in [6.45, 7) is 2.16. The van der Waals surface area contributed by atoms with Crippen LogP contribution in [0, 0.1) is 0 Å². The van der Waals surface area contributed by atoms with Gasteiger partial charge in [0.1, 0.15) is 11.6 Å². The lowest BCUT2D eigenvalue weighted by Gasteiger charge is -2.27. The zero-order valence-electron chi connectivity index (χ0n) is 9.56. The van der Waals surface area contributed by atoms with Gasteiger partial charge in [0.15, 0.2) is 5.16 Å². The number of aromatic nitrogens is 2. The molecule has 1 fully saturated rings. The van der Waals surface area contributed by atoms with E-state index in [1.54, 1.807) is 11.8 Å². The highest BCUT2D eigenvalue weighted by Gasteiger charge is 2.14. The number of hydrogen-bond donors (Lipinski definition) is 1. The second kappa shape index (κ2) is 5.63. The van der Waals surface area contributed by atoms with E-state index in [4.69, 9.17) is 0 Å². The van der Waals surface area contributed by atoms with E-state index in [0.29, 0.717) is 0 Å². The number of rotatable bonds is 3.